The molecule has 0 radical (unpaired) electrons. The van der Waals surface area contributed by atoms with Gasteiger partial charge in [0.05, 0.1) is 10.6 Å². The number of nitrogens with zero attached hydrogens (tertiary/aromatic N) is 1. The van der Waals surface area contributed by atoms with Crippen molar-refractivity contribution in [1.82, 2.24) is 10.2 Å². The summed E-state index contributed by atoms with van der Waals surface area (Å²) in [7, 11) is -3.53. The van der Waals surface area contributed by atoms with E-state index in [1.165, 1.54) is 12.1 Å². The summed E-state index contributed by atoms with van der Waals surface area (Å²) >= 11 is 0. The summed E-state index contributed by atoms with van der Waals surface area (Å²) in [6.07, 6.45) is -0.00320. The molecule has 23 heavy (non-hydrogen) atoms. The molecule has 1 saturated heterocycles. The number of piperazine rings is 1. The van der Waals surface area contributed by atoms with E-state index >= 15 is 0 Å². The molecule has 3 rings (SSSR count). The van der Waals surface area contributed by atoms with Crippen molar-refractivity contribution >= 4 is 15.7 Å². The van der Waals surface area contributed by atoms with Crippen LogP contribution in [0, 0.1) is 0 Å². The fraction of sp³-hybridized carbons (Fsp3) is 0.533. The van der Waals surface area contributed by atoms with Gasteiger partial charge in [0, 0.05) is 38.7 Å². The number of benzene rings is 1. The average molecular weight is 340 g/mol. The molecule has 0 aromatic heterocycles. The third-order valence-corrected chi connectivity index (χ3v) is 5.64. The van der Waals surface area contributed by atoms with E-state index in [0.29, 0.717) is 37.8 Å². The fourth-order valence-electron chi connectivity index (χ4n) is 2.63. The third-order valence-electron chi connectivity index (χ3n) is 3.93. The molecule has 2 heterocycles. The predicted molar refractivity (Wildman–Crippen MR) is 83.6 cm³/mol. The van der Waals surface area contributed by atoms with Gasteiger partial charge in [0.25, 0.3) is 0 Å². The Morgan fingerprint density at radius 1 is 1.13 bits per heavy atom. The highest BCUT2D eigenvalue weighted by Crippen LogP contribution is 2.32. The molecular weight excluding hydrogens is 320 g/mol. The molecular formula is C15H20N2O5S. The van der Waals surface area contributed by atoms with Gasteiger partial charge in [-0.25, -0.2) is 8.42 Å². The van der Waals surface area contributed by atoms with E-state index in [2.05, 4.69) is 5.32 Å². The molecule has 1 aromatic carbocycles. The number of carbonyl (C=O) groups excluding carboxylic acids is 1. The third kappa shape index (κ3) is 3.76. The Kier molecular flexibility index (Phi) is 4.72. The molecule has 7 nitrogen and oxygen atoms in total. The van der Waals surface area contributed by atoms with Crippen LogP contribution in [0.5, 0.6) is 11.5 Å². The fourth-order valence-corrected chi connectivity index (χ4v) is 3.87. The molecule has 2 aliphatic rings. The van der Waals surface area contributed by atoms with Crippen LogP contribution in [0.15, 0.2) is 23.1 Å². The van der Waals surface area contributed by atoms with Crippen LogP contribution in [0.4, 0.5) is 0 Å². The van der Waals surface area contributed by atoms with Crippen molar-refractivity contribution in [1.29, 1.82) is 0 Å². The Bertz CT molecular complexity index is 683. The van der Waals surface area contributed by atoms with E-state index in [4.69, 9.17) is 9.47 Å². The topological polar surface area (TPSA) is 84.9 Å². The summed E-state index contributed by atoms with van der Waals surface area (Å²) in [5, 5.41) is 3.16. The standard InChI is InChI=1S/C15H20N2O5S/c18-15(17-6-4-16-5-7-17)3-10-23(19,20)12-1-2-13-14(11-12)22-9-8-21-13/h1-2,11,16H,3-10H2. The van der Waals surface area contributed by atoms with Crippen LogP contribution in [0.25, 0.3) is 0 Å². The van der Waals surface area contributed by atoms with Crippen LogP contribution in [-0.2, 0) is 14.6 Å². The summed E-state index contributed by atoms with van der Waals surface area (Å²) in [6.45, 7) is 3.61. The number of fused-ring (bicyclic) bond motifs is 1. The van der Waals surface area contributed by atoms with Crippen molar-refractivity contribution in [2.75, 3.05) is 45.1 Å². The van der Waals surface area contributed by atoms with Gasteiger partial charge in [-0.05, 0) is 12.1 Å². The lowest BCUT2D eigenvalue weighted by Crippen LogP contribution is -2.46. The molecule has 0 bridgehead atoms. The van der Waals surface area contributed by atoms with Crippen molar-refractivity contribution in [2.24, 2.45) is 0 Å². The minimum Gasteiger partial charge on any atom is -0.486 e. The number of rotatable bonds is 4. The molecule has 0 saturated carbocycles. The summed E-state index contributed by atoms with van der Waals surface area (Å²) in [5.41, 5.74) is 0. The number of hydrogen-bond donors (Lipinski definition) is 1. The summed E-state index contributed by atoms with van der Waals surface area (Å²) < 4.78 is 35.6. The number of ether oxygens (including phenoxy) is 2. The van der Waals surface area contributed by atoms with Gasteiger partial charge >= 0.3 is 0 Å². The van der Waals surface area contributed by atoms with E-state index in [1.54, 1.807) is 11.0 Å². The van der Waals surface area contributed by atoms with Gasteiger partial charge in [0.15, 0.2) is 21.3 Å². The highest BCUT2D eigenvalue weighted by atomic mass is 32.2. The van der Waals surface area contributed by atoms with Gasteiger partial charge < -0.3 is 19.7 Å². The van der Waals surface area contributed by atoms with Crippen molar-refractivity contribution < 1.29 is 22.7 Å². The highest BCUT2D eigenvalue weighted by Gasteiger charge is 2.23. The molecule has 1 aromatic rings. The van der Waals surface area contributed by atoms with E-state index in [9.17, 15) is 13.2 Å². The van der Waals surface area contributed by atoms with Gasteiger partial charge in [-0.1, -0.05) is 0 Å². The Balaban J connectivity index is 1.65. The largest absolute Gasteiger partial charge is 0.486 e. The predicted octanol–water partition coefficient (Wildman–Crippen LogP) is 0.0534. The minimum absolute atomic E-state index is 0.00320. The summed E-state index contributed by atoms with van der Waals surface area (Å²) in [4.78, 5) is 14.0. The molecule has 1 fully saturated rings. The monoisotopic (exact) mass is 340 g/mol. The van der Waals surface area contributed by atoms with Crippen molar-refractivity contribution in [3.05, 3.63) is 18.2 Å². The molecule has 0 aliphatic carbocycles. The first-order chi connectivity index (χ1) is 11.1. The second-order valence-corrected chi connectivity index (χ2v) is 7.61. The number of carbonyl (C=O) groups is 1. The van der Waals surface area contributed by atoms with E-state index in [-0.39, 0.29) is 23.0 Å². The normalized spacial score (nSPS) is 17.8. The first-order valence-electron chi connectivity index (χ1n) is 7.67. The Hall–Kier alpha value is -1.80. The molecule has 2 aliphatic heterocycles. The van der Waals surface area contributed by atoms with E-state index in [1.807, 2.05) is 0 Å². The lowest BCUT2D eigenvalue weighted by Gasteiger charge is -2.27. The first kappa shape index (κ1) is 16.1. The van der Waals surface area contributed by atoms with Gasteiger partial charge in [-0.15, -0.1) is 0 Å². The molecule has 0 unspecified atom stereocenters. The molecule has 1 amide bonds. The quantitative estimate of drug-likeness (QED) is 0.834. The number of nitrogens with one attached hydrogen (secondary N) is 1. The molecule has 8 heteroatoms. The van der Waals surface area contributed by atoms with Crippen LogP contribution in [0.1, 0.15) is 6.42 Å². The molecule has 126 valence electrons. The Morgan fingerprint density at radius 2 is 1.83 bits per heavy atom. The van der Waals surface area contributed by atoms with Crippen LogP contribution >= 0.6 is 0 Å². The number of hydrogen-bond acceptors (Lipinski definition) is 6. The zero-order chi connectivity index (χ0) is 16.3. The molecule has 0 spiro atoms. The van der Waals surface area contributed by atoms with Crippen LogP contribution in [-0.4, -0.2) is 64.4 Å². The van der Waals surface area contributed by atoms with E-state index < -0.39 is 9.84 Å². The van der Waals surface area contributed by atoms with Gasteiger partial charge in [0.1, 0.15) is 13.2 Å². The van der Waals surface area contributed by atoms with E-state index in [0.717, 1.165) is 13.1 Å². The summed E-state index contributed by atoms with van der Waals surface area (Å²) in [6, 6.07) is 4.57. The second-order valence-electron chi connectivity index (χ2n) is 5.51. The maximum atomic E-state index is 12.4. The zero-order valence-electron chi connectivity index (χ0n) is 12.8. The zero-order valence-corrected chi connectivity index (χ0v) is 13.6. The number of sulfone groups is 1. The van der Waals surface area contributed by atoms with Gasteiger partial charge in [-0.3, -0.25) is 4.79 Å². The van der Waals surface area contributed by atoms with Gasteiger partial charge in [-0.2, -0.15) is 0 Å². The van der Waals surface area contributed by atoms with Crippen LogP contribution in [0.3, 0.4) is 0 Å². The smallest absolute Gasteiger partial charge is 0.223 e. The van der Waals surface area contributed by atoms with Crippen molar-refractivity contribution in [3.63, 3.8) is 0 Å². The second kappa shape index (κ2) is 6.76. The summed E-state index contributed by atoms with van der Waals surface area (Å²) in [5.74, 6) is 0.667. The van der Waals surface area contributed by atoms with Crippen molar-refractivity contribution in [3.8, 4) is 11.5 Å². The van der Waals surface area contributed by atoms with Crippen molar-refractivity contribution in [2.45, 2.75) is 11.3 Å². The van der Waals surface area contributed by atoms with Crippen LogP contribution < -0.4 is 14.8 Å². The van der Waals surface area contributed by atoms with Crippen LogP contribution in [0.2, 0.25) is 0 Å². The Labute approximate surface area is 135 Å². The van der Waals surface area contributed by atoms with Gasteiger partial charge in [0.2, 0.25) is 5.91 Å². The maximum absolute atomic E-state index is 12.4. The average Bonchev–Trinajstić information content (AvgIpc) is 2.60. The minimum atomic E-state index is -3.53. The highest BCUT2D eigenvalue weighted by molar-refractivity contribution is 7.91. The lowest BCUT2D eigenvalue weighted by molar-refractivity contribution is -0.131. The first-order valence-corrected chi connectivity index (χ1v) is 9.32. The molecule has 0 atom stereocenters. The SMILES string of the molecule is O=C(CCS(=O)(=O)c1ccc2c(c1)OCCO2)N1CCNCC1. The maximum Gasteiger partial charge on any atom is 0.223 e. The number of amides is 1. The molecule has 1 N–H and O–H groups in total. The Morgan fingerprint density at radius 3 is 2.57 bits per heavy atom. The lowest BCUT2D eigenvalue weighted by atomic mass is 10.3.